The molecule has 0 bridgehead atoms. The molecule has 0 N–H and O–H groups in total. The highest BCUT2D eigenvalue weighted by molar-refractivity contribution is 5.80. The molecule has 1 saturated heterocycles. The Morgan fingerprint density at radius 1 is 1.41 bits per heavy atom. The zero-order chi connectivity index (χ0) is 15.7. The van der Waals surface area contributed by atoms with E-state index in [1.165, 1.54) is 4.68 Å². The maximum atomic E-state index is 12.6. The monoisotopic (exact) mass is 300 g/mol. The number of nitrogens with zero attached hydrogens (tertiary/aromatic N) is 4. The molecular formula is C16H20N4O2. The summed E-state index contributed by atoms with van der Waals surface area (Å²) in [5.41, 5.74) is 1.77. The van der Waals surface area contributed by atoms with Crippen LogP contribution in [0.3, 0.4) is 0 Å². The van der Waals surface area contributed by atoms with E-state index in [0.29, 0.717) is 25.9 Å². The van der Waals surface area contributed by atoms with Gasteiger partial charge < -0.3 is 4.90 Å². The van der Waals surface area contributed by atoms with E-state index in [-0.39, 0.29) is 17.4 Å². The van der Waals surface area contributed by atoms with Crippen LogP contribution in [-0.4, -0.2) is 33.7 Å². The largest absolute Gasteiger partial charge is 0.341 e. The lowest BCUT2D eigenvalue weighted by molar-refractivity contribution is -0.135. The van der Waals surface area contributed by atoms with Gasteiger partial charge in [0.15, 0.2) is 0 Å². The van der Waals surface area contributed by atoms with E-state index in [1.54, 1.807) is 17.9 Å². The minimum absolute atomic E-state index is 0.0419. The lowest BCUT2D eigenvalue weighted by Gasteiger charge is -2.31. The molecule has 0 unspecified atom stereocenters. The summed E-state index contributed by atoms with van der Waals surface area (Å²) in [7, 11) is 0. The highest BCUT2D eigenvalue weighted by Crippen LogP contribution is 2.21. The van der Waals surface area contributed by atoms with Crippen LogP contribution in [0, 0.1) is 17.2 Å². The van der Waals surface area contributed by atoms with Gasteiger partial charge in [-0.15, -0.1) is 0 Å². The molecule has 0 radical (unpaired) electrons. The van der Waals surface area contributed by atoms with Gasteiger partial charge >= 0.3 is 0 Å². The molecule has 0 spiro atoms. The lowest BCUT2D eigenvalue weighted by atomic mass is 9.98. The smallest absolute Gasteiger partial charge is 0.267 e. The van der Waals surface area contributed by atoms with Crippen molar-refractivity contribution in [2.24, 2.45) is 5.92 Å². The molecule has 0 saturated carbocycles. The van der Waals surface area contributed by atoms with Crippen molar-refractivity contribution in [1.82, 2.24) is 14.7 Å². The first-order chi connectivity index (χ1) is 10.6. The summed E-state index contributed by atoms with van der Waals surface area (Å²) < 4.78 is 1.32. The third-order valence-corrected chi connectivity index (χ3v) is 4.70. The van der Waals surface area contributed by atoms with E-state index >= 15 is 0 Å². The Kier molecular flexibility index (Phi) is 3.97. The molecule has 3 rings (SSSR count). The maximum absolute atomic E-state index is 12.6. The van der Waals surface area contributed by atoms with Crippen LogP contribution in [0.15, 0.2) is 10.9 Å². The Labute approximate surface area is 129 Å². The van der Waals surface area contributed by atoms with Crippen molar-refractivity contribution < 1.29 is 4.79 Å². The highest BCUT2D eigenvalue weighted by atomic mass is 16.2. The summed E-state index contributed by atoms with van der Waals surface area (Å²) in [5.74, 6) is -0.0378. The Bertz CT molecular complexity index is 680. The first kappa shape index (κ1) is 14.8. The van der Waals surface area contributed by atoms with E-state index < -0.39 is 6.04 Å². The van der Waals surface area contributed by atoms with Gasteiger partial charge in [0.1, 0.15) is 6.04 Å². The molecule has 6 heteroatoms. The van der Waals surface area contributed by atoms with Crippen molar-refractivity contribution >= 4 is 5.91 Å². The van der Waals surface area contributed by atoms with Crippen molar-refractivity contribution in [1.29, 1.82) is 5.26 Å². The summed E-state index contributed by atoms with van der Waals surface area (Å²) in [6, 6.07) is 3.30. The van der Waals surface area contributed by atoms with Gasteiger partial charge in [-0.1, -0.05) is 0 Å². The molecule has 1 aliphatic heterocycles. The van der Waals surface area contributed by atoms with Crippen LogP contribution in [0.1, 0.15) is 43.5 Å². The van der Waals surface area contributed by atoms with Crippen molar-refractivity contribution in [2.45, 2.75) is 45.1 Å². The number of amides is 1. The standard InChI is InChI=1S/C16H20N4O2/c1-11(16(22)19-7-5-12(10-17)6-8-19)20-15(21)9-13-3-2-4-14(13)18-20/h9,11-12H,2-8H2,1H3/t11-/m0/s1. The van der Waals surface area contributed by atoms with Crippen LogP contribution in [-0.2, 0) is 17.6 Å². The minimum atomic E-state index is -0.586. The van der Waals surface area contributed by atoms with E-state index in [9.17, 15) is 9.59 Å². The van der Waals surface area contributed by atoms with Crippen molar-refractivity contribution in [3.8, 4) is 6.07 Å². The van der Waals surface area contributed by atoms with E-state index in [2.05, 4.69) is 11.2 Å². The highest BCUT2D eigenvalue weighted by Gasteiger charge is 2.28. The third kappa shape index (κ3) is 2.63. The number of carbonyl (C=O) groups excluding carboxylic acids is 1. The number of hydrogen-bond donors (Lipinski definition) is 0. The fraction of sp³-hybridized carbons (Fsp3) is 0.625. The summed E-state index contributed by atoms with van der Waals surface area (Å²) in [6.07, 6.45) is 4.23. The number of nitriles is 1. The normalized spacial score (nSPS) is 19.5. The molecule has 0 aromatic carbocycles. The number of aryl methyl sites for hydroxylation is 2. The number of piperidine rings is 1. The van der Waals surface area contributed by atoms with Crippen LogP contribution in [0.25, 0.3) is 0 Å². The van der Waals surface area contributed by atoms with E-state index in [0.717, 1.165) is 30.5 Å². The molecular weight excluding hydrogens is 280 g/mol. The van der Waals surface area contributed by atoms with Crippen molar-refractivity contribution in [2.75, 3.05) is 13.1 Å². The average Bonchev–Trinajstić information content (AvgIpc) is 3.00. The van der Waals surface area contributed by atoms with Gasteiger partial charge in [-0.25, -0.2) is 4.68 Å². The summed E-state index contributed by atoms with van der Waals surface area (Å²) in [4.78, 5) is 26.5. The Morgan fingerprint density at radius 3 is 2.82 bits per heavy atom. The van der Waals surface area contributed by atoms with Gasteiger partial charge in [-0.05, 0) is 44.6 Å². The summed E-state index contributed by atoms with van der Waals surface area (Å²) >= 11 is 0. The first-order valence-corrected chi connectivity index (χ1v) is 7.90. The molecule has 2 heterocycles. The molecule has 1 amide bonds. The SMILES string of the molecule is C[C@@H](C(=O)N1CCC(C#N)CC1)n1nc2c(cc1=O)CCC2. The van der Waals surface area contributed by atoms with Crippen LogP contribution in [0.5, 0.6) is 0 Å². The number of aromatic nitrogens is 2. The molecule has 1 fully saturated rings. The van der Waals surface area contributed by atoms with E-state index in [4.69, 9.17) is 5.26 Å². The fourth-order valence-electron chi connectivity index (χ4n) is 3.29. The predicted molar refractivity (Wildman–Crippen MR) is 80.2 cm³/mol. The second-order valence-electron chi connectivity index (χ2n) is 6.16. The molecule has 22 heavy (non-hydrogen) atoms. The maximum Gasteiger partial charge on any atom is 0.267 e. The molecule has 1 aromatic rings. The zero-order valence-corrected chi connectivity index (χ0v) is 12.8. The second-order valence-corrected chi connectivity index (χ2v) is 6.16. The van der Waals surface area contributed by atoms with Gasteiger partial charge in [0.2, 0.25) is 5.91 Å². The number of rotatable bonds is 2. The van der Waals surface area contributed by atoms with Crippen molar-refractivity contribution in [3.63, 3.8) is 0 Å². The number of hydrogen-bond acceptors (Lipinski definition) is 4. The van der Waals surface area contributed by atoms with Gasteiger partial charge in [-0.3, -0.25) is 9.59 Å². The van der Waals surface area contributed by atoms with Gasteiger partial charge in [0.05, 0.1) is 11.8 Å². The zero-order valence-electron chi connectivity index (χ0n) is 12.8. The topological polar surface area (TPSA) is 79.0 Å². The quantitative estimate of drug-likeness (QED) is 0.818. The number of likely N-dealkylation sites (tertiary alicyclic amines) is 1. The molecule has 1 atom stereocenters. The van der Waals surface area contributed by atoms with Crippen LogP contribution < -0.4 is 5.56 Å². The second kappa shape index (κ2) is 5.91. The Hall–Kier alpha value is -2.16. The van der Waals surface area contributed by atoms with Crippen molar-refractivity contribution in [3.05, 3.63) is 27.7 Å². The molecule has 1 aliphatic carbocycles. The number of carbonyl (C=O) groups is 1. The molecule has 2 aliphatic rings. The summed E-state index contributed by atoms with van der Waals surface area (Å²) in [6.45, 7) is 2.90. The fourth-order valence-corrected chi connectivity index (χ4v) is 3.29. The average molecular weight is 300 g/mol. The van der Waals surface area contributed by atoms with Crippen LogP contribution in [0.4, 0.5) is 0 Å². The van der Waals surface area contributed by atoms with Crippen LogP contribution >= 0.6 is 0 Å². The summed E-state index contributed by atoms with van der Waals surface area (Å²) in [5, 5.41) is 13.3. The number of fused-ring (bicyclic) bond motifs is 1. The van der Waals surface area contributed by atoms with E-state index in [1.807, 2.05) is 0 Å². The van der Waals surface area contributed by atoms with Gasteiger partial charge in [0.25, 0.3) is 5.56 Å². The minimum Gasteiger partial charge on any atom is -0.341 e. The lowest BCUT2D eigenvalue weighted by Crippen LogP contribution is -2.44. The first-order valence-electron chi connectivity index (χ1n) is 7.90. The third-order valence-electron chi connectivity index (χ3n) is 4.70. The van der Waals surface area contributed by atoms with Gasteiger partial charge in [-0.2, -0.15) is 10.4 Å². The molecule has 116 valence electrons. The molecule has 6 nitrogen and oxygen atoms in total. The predicted octanol–water partition coefficient (Wildman–Crippen LogP) is 1.06. The van der Waals surface area contributed by atoms with Gasteiger partial charge in [0, 0.05) is 25.1 Å². The molecule has 1 aromatic heterocycles. The Balaban J connectivity index is 1.77. The van der Waals surface area contributed by atoms with Crippen LogP contribution in [0.2, 0.25) is 0 Å². The Morgan fingerprint density at radius 2 is 2.14 bits per heavy atom.